The van der Waals surface area contributed by atoms with Gasteiger partial charge in [-0.3, -0.25) is 0 Å². The fourth-order valence-electron chi connectivity index (χ4n) is 1.43. The Morgan fingerprint density at radius 1 is 1.62 bits per heavy atom. The van der Waals surface area contributed by atoms with Gasteiger partial charge < -0.3 is 10.5 Å². The molecule has 0 saturated carbocycles. The Labute approximate surface area is 78.0 Å². The molecule has 3 heteroatoms. The zero-order valence-corrected chi connectivity index (χ0v) is 7.79. The van der Waals surface area contributed by atoms with Gasteiger partial charge in [0.2, 0.25) is 5.88 Å². The lowest BCUT2D eigenvalue weighted by Crippen LogP contribution is -2.34. The van der Waals surface area contributed by atoms with Gasteiger partial charge in [0, 0.05) is 11.8 Å². The minimum absolute atomic E-state index is 0.444. The van der Waals surface area contributed by atoms with Crippen LogP contribution >= 0.6 is 0 Å². The van der Waals surface area contributed by atoms with E-state index in [0.717, 1.165) is 30.9 Å². The second-order valence-electron chi connectivity index (χ2n) is 3.74. The number of nitrogens with two attached hydrogens (primary N) is 1. The van der Waals surface area contributed by atoms with Crippen molar-refractivity contribution in [2.75, 3.05) is 6.61 Å². The van der Waals surface area contributed by atoms with Gasteiger partial charge in [-0.15, -0.1) is 0 Å². The van der Waals surface area contributed by atoms with E-state index >= 15 is 0 Å². The SMILES string of the molecule is CC1(N)C=CC2=C(N=C1)OCCC2. The molecule has 0 aromatic rings. The molecule has 0 spiro atoms. The van der Waals surface area contributed by atoms with Crippen molar-refractivity contribution < 1.29 is 4.74 Å². The molecule has 0 radical (unpaired) electrons. The molecule has 0 amide bonds. The molecule has 0 bridgehead atoms. The quantitative estimate of drug-likeness (QED) is 0.609. The summed E-state index contributed by atoms with van der Waals surface area (Å²) in [6.07, 6.45) is 7.84. The van der Waals surface area contributed by atoms with Gasteiger partial charge in [0.05, 0.1) is 12.1 Å². The number of ether oxygens (including phenoxy) is 1. The van der Waals surface area contributed by atoms with Gasteiger partial charge in [0.25, 0.3) is 0 Å². The van der Waals surface area contributed by atoms with Crippen LogP contribution in [0.25, 0.3) is 0 Å². The highest BCUT2D eigenvalue weighted by atomic mass is 16.5. The van der Waals surface area contributed by atoms with E-state index in [1.165, 1.54) is 0 Å². The Morgan fingerprint density at radius 2 is 2.46 bits per heavy atom. The van der Waals surface area contributed by atoms with Crippen molar-refractivity contribution in [3.05, 3.63) is 23.6 Å². The van der Waals surface area contributed by atoms with Crippen LogP contribution in [0.5, 0.6) is 0 Å². The molecule has 0 saturated heterocycles. The van der Waals surface area contributed by atoms with Crippen molar-refractivity contribution in [1.82, 2.24) is 0 Å². The van der Waals surface area contributed by atoms with Crippen LogP contribution in [-0.2, 0) is 4.74 Å². The van der Waals surface area contributed by atoms with Crippen molar-refractivity contribution in [1.29, 1.82) is 0 Å². The van der Waals surface area contributed by atoms with E-state index in [1.54, 1.807) is 6.21 Å². The van der Waals surface area contributed by atoms with E-state index in [2.05, 4.69) is 4.99 Å². The average Bonchev–Trinajstić information content (AvgIpc) is 2.27. The second-order valence-corrected chi connectivity index (χ2v) is 3.74. The van der Waals surface area contributed by atoms with E-state index in [4.69, 9.17) is 10.5 Å². The number of hydrogen-bond donors (Lipinski definition) is 1. The van der Waals surface area contributed by atoms with Gasteiger partial charge >= 0.3 is 0 Å². The molecule has 2 heterocycles. The molecule has 13 heavy (non-hydrogen) atoms. The van der Waals surface area contributed by atoms with Gasteiger partial charge in [0.15, 0.2) is 0 Å². The first-order valence-electron chi connectivity index (χ1n) is 4.57. The monoisotopic (exact) mass is 178 g/mol. The van der Waals surface area contributed by atoms with Crippen molar-refractivity contribution in [3.63, 3.8) is 0 Å². The highest BCUT2D eigenvalue weighted by Crippen LogP contribution is 2.23. The standard InChI is InChI=1S/C10H14N2O/c1-10(11)5-4-8-3-2-6-13-9(8)12-7-10/h4-5,7H,2-3,6,11H2,1H3. The Morgan fingerprint density at radius 3 is 3.31 bits per heavy atom. The topological polar surface area (TPSA) is 47.6 Å². The van der Waals surface area contributed by atoms with E-state index in [1.807, 2.05) is 19.1 Å². The summed E-state index contributed by atoms with van der Waals surface area (Å²) in [6.45, 7) is 2.69. The molecule has 2 aliphatic heterocycles. The van der Waals surface area contributed by atoms with Gasteiger partial charge in [-0.1, -0.05) is 12.2 Å². The number of rotatable bonds is 0. The van der Waals surface area contributed by atoms with E-state index in [9.17, 15) is 0 Å². The summed E-state index contributed by atoms with van der Waals surface area (Å²) in [5, 5.41) is 0. The van der Waals surface area contributed by atoms with E-state index < -0.39 is 5.54 Å². The van der Waals surface area contributed by atoms with Crippen LogP contribution in [0.3, 0.4) is 0 Å². The van der Waals surface area contributed by atoms with E-state index in [-0.39, 0.29) is 0 Å². The first kappa shape index (κ1) is 8.51. The maximum atomic E-state index is 5.91. The van der Waals surface area contributed by atoms with Crippen LogP contribution in [-0.4, -0.2) is 18.4 Å². The predicted octanol–water partition coefficient (Wildman–Crippen LogP) is 1.37. The molecule has 3 nitrogen and oxygen atoms in total. The third-order valence-electron chi connectivity index (χ3n) is 2.21. The highest BCUT2D eigenvalue weighted by Gasteiger charge is 2.18. The molecular weight excluding hydrogens is 164 g/mol. The smallest absolute Gasteiger partial charge is 0.216 e. The van der Waals surface area contributed by atoms with Gasteiger partial charge in [-0.05, 0) is 19.8 Å². The van der Waals surface area contributed by atoms with Crippen LogP contribution in [0.15, 0.2) is 28.6 Å². The molecule has 70 valence electrons. The molecule has 2 rings (SSSR count). The minimum atomic E-state index is -0.444. The lowest BCUT2D eigenvalue weighted by molar-refractivity contribution is 0.188. The fourth-order valence-corrected chi connectivity index (χ4v) is 1.43. The molecule has 0 aliphatic carbocycles. The number of allylic oxidation sites excluding steroid dienone is 2. The van der Waals surface area contributed by atoms with Crippen molar-refractivity contribution >= 4 is 6.21 Å². The lowest BCUT2D eigenvalue weighted by Gasteiger charge is -2.14. The van der Waals surface area contributed by atoms with Gasteiger partial charge in [-0.2, -0.15) is 0 Å². The number of hydrogen-bond acceptors (Lipinski definition) is 3. The van der Waals surface area contributed by atoms with Crippen LogP contribution in [0.2, 0.25) is 0 Å². The molecule has 0 aromatic carbocycles. The van der Waals surface area contributed by atoms with E-state index in [0.29, 0.717) is 0 Å². The Bertz CT molecular complexity index is 272. The van der Waals surface area contributed by atoms with Crippen molar-refractivity contribution in [2.24, 2.45) is 10.7 Å². The Balaban J connectivity index is 2.32. The van der Waals surface area contributed by atoms with Crippen molar-refractivity contribution in [3.8, 4) is 0 Å². The van der Waals surface area contributed by atoms with Crippen LogP contribution in [0.4, 0.5) is 0 Å². The third kappa shape index (κ3) is 1.80. The summed E-state index contributed by atoms with van der Waals surface area (Å²) in [7, 11) is 0. The predicted molar refractivity (Wildman–Crippen MR) is 52.4 cm³/mol. The molecule has 0 aromatic heterocycles. The van der Waals surface area contributed by atoms with Crippen LogP contribution < -0.4 is 5.73 Å². The number of aliphatic imine (C=N–C) groups is 1. The summed E-state index contributed by atoms with van der Waals surface area (Å²) < 4.78 is 5.43. The Hall–Kier alpha value is -1.09. The fraction of sp³-hybridized carbons (Fsp3) is 0.500. The average molecular weight is 178 g/mol. The third-order valence-corrected chi connectivity index (χ3v) is 2.21. The molecule has 1 atom stereocenters. The van der Waals surface area contributed by atoms with Crippen LogP contribution in [0.1, 0.15) is 19.8 Å². The van der Waals surface area contributed by atoms with Gasteiger partial charge in [-0.25, -0.2) is 4.99 Å². The molecule has 2 aliphatic rings. The molecule has 0 fully saturated rings. The summed E-state index contributed by atoms with van der Waals surface area (Å²) >= 11 is 0. The van der Waals surface area contributed by atoms with Crippen molar-refractivity contribution in [2.45, 2.75) is 25.3 Å². The zero-order valence-electron chi connectivity index (χ0n) is 7.79. The maximum Gasteiger partial charge on any atom is 0.216 e. The first-order chi connectivity index (χ1) is 6.17. The maximum absolute atomic E-state index is 5.91. The summed E-state index contributed by atoms with van der Waals surface area (Å²) in [6, 6.07) is 0. The van der Waals surface area contributed by atoms with Gasteiger partial charge in [0.1, 0.15) is 0 Å². The highest BCUT2D eigenvalue weighted by molar-refractivity contribution is 5.74. The Kier molecular flexibility index (Phi) is 1.96. The molecule has 2 N–H and O–H groups in total. The van der Waals surface area contributed by atoms with Crippen LogP contribution in [0, 0.1) is 0 Å². The summed E-state index contributed by atoms with van der Waals surface area (Å²) in [5.41, 5.74) is 6.63. The lowest BCUT2D eigenvalue weighted by atomic mass is 10.0. The largest absolute Gasteiger partial charge is 0.477 e. The summed E-state index contributed by atoms with van der Waals surface area (Å²) in [4.78, 5) is 4.24. The molecular formula is C10H14N2O. The minimum Gasteiger partial charge on any atom is -0.477 e. The second kappa shape index (κ2) is 3.00. The number of nitrogens with zero attached hydrogens (tertiary/aromatic N) is 1. The first-order valence-corrected chi connectivity index (χ1v) is 4.57. The summed E-state index contributed by atoms with van der Waals surface area (Å²) in [5.74, 6) is 0.747. The normalized spacial score (nSPS) is 32.5. The molecule has 1 unspecified atom stereocenters. The zero-order chi connectivity index (χ0) is 9.31.